The smallest absolute Gasteiger partial charge is 0.0704 e. The summed E-state index contributed by atoms with van der Waals surface area (Å²) in [5, 5.41) is 3.80. The Balaban J connectivity index is 1.78. The molecule has 0 saturated carbocycles. The van der Waals surface area contributed by atoms with Crippen LogP contribution in [0.1, 0.15) is 47.9 Å². The Morgan fingerprint density at radius 2 is 2.15 bits per heavy atom. The van der Waals surface area contributed by atoms with Crippen molar-refractivity contribution in [3.05, 3.63) is 54.6 Å². The molecule has 1 unspecified atom stereocenters. The molecule has 0 radical (unpaired) electrons. The first-order chi connectivity index (χ1) is 9.63. The van der Waals surface area contributed by atoms with Crippen molar-refractivity contribution in [2.45, 2.75) is 38.3 Å². The Kier molecular flexibility index (Phi) is 4.65. The molecule has 1 aromatic carbocycles. The molecule has 2 aromatic rings. The van der Waals surface area contributed by atoms with E-state index in [1.54, 1.807) is 4.88 Å². The van der Waals surface area contributed by atoms with Crippen LogP contribution in [-0.2, 0) is 6.42 Å². The topological polar surface area (TPSA) is 12.0 Å². The van der Waals surface area contributed by atoms with Gasteiger partial charge < -0.3 is 5.32 Å². The molecule has 0 amide bonds. The highest BCUT2D eigenvalue weighted by Gasteiger charge is 2.24. The Labute approximate surface area is 141 Å². The van der Waals surface area contributed by atoms with Gasteiger partial charge in [-0.1, -0.05) is 28.1 Å². The van der Waals surface area contributed by atoms with Gasteiger partial charge in [0.25, 0.3) is 0 Å². The lowest BCUT2D eigenvalue weighted by Gasteiger charge is -2.27. The lowest BCUT2D eigenvalue weighted by atomic mass is 9.93. The van der Waals surface area contributed by atoms with Crippen LogP contribution in [0.15, 0.2) is 38.6 Å². The average molecular weight is 415 g/mol. The molecule has 0 aliphatic heterocycles. The molecule has 1 N–H and O–H groups in total. The number of rotatable bonds is 3. The summed E-state index contributed by atoms with van der Waals surface area (Å²) in [5.41, 5.74) is 2.83. The van der Waals surface area contributed by atoms with E-state index in [1.807, 2.05) is 11.3 Å². The van der Waals surface area contributed by atoms with Gasteiger partial charge in [0.1, 0.15) is 0 Å². The van der Waals surface area contributed by atoms with Crippen LogP contribution < -0.4 is 5.32 Å². The highest BCUT2D eigenvalue weighted by Crippen LogP contribution is 2.39. The van der Waals surface area contributed by atoms with Gasteiger partial charge in [-0.25, -0.2) is 0 Å². The SMILES string of the molecule is C[C@@H](NC1CCCc2sc(Br)cc21)c1cccc(Br)c1. The minimum Gasteiger partial charge on any atom is -0.303 e. The third-order valence-electron chi connectivity index (χ3n) is 3.88. The molecular weight excluding hydrogens is 398 g/mol. The van der Waals surface area contributed by atoms with E-state index >= 15 is 0 Å². The molecule has 3 rings (SSSR count). The molecule has 1 aliphatic carbocycles. The van der Waals surface area contributed by atoms with Crippen LogP contribution in [0.3, 0.4) is 0 Å². The molecule has 1 nitrogen and oxygen atoms in total. The van der Waals surface area contributed by atoms with Crippen molar-refractivity contribution in [1.82, 2.24) is 5.32 Å². The van der Waals surface area contributed by atoms with E-state index < -0.39 is 0 Å². The third-order valence-corrected chi connectivity index (χ3v) is 6.09. The minimum atomic E-state index is 0.363. The summed E-state index contributed by atoms with van der Waals surface area (Å²) in [6.07, 6.45) is 3.74. The number of benzene rings is 1. The number of nitrogens with one attached hydrogen (secondary N) is 1. The second-order valence-electron chi connectivity index (χ2n) is 5.32. The quantitative estimate of drug-likeness (QED) is 0.649. The largest absolute Gasteiger partial charge is 0.303 e. The normalized spacial score (nSPS) is 19.6. The zero-order valence-corrected chi connectivity index (χ0v) is 15.3. The van der Waals surface area contributed by atoms with E-state index in [0.717, 1.165) is 4.47 Å². The molecule has 20 heavy (non-hydrogen) atoms. The predicted octanol–water partition coefficient (Wildman–Crippen LogP) is 6.00. The third kappa shape index (κ3) is 3.19. The maximum atomic E-state index is 3.80. The van der Waals surface area contributed by atoms with Crippen LogP contribution in [0, 0.1) is 0 Å². The van der Waals surface area contributed by atoms with Gasteiger partial charge in [-0.3, -0.25) is 0 Å². The van der Waals surface area contributed by atoms with Gasteiger partial charge in [0.15, 0.2) is 0 Å². The molecule has 2 atom stereocenters. The van der Waals surface area contributed by atoms with Crippen LogP contribution in [0.5, 0.6) is 0 Å². The molecule has 1 aromatic heterocycles. The standard InChI is InChI=1S/C16H17Br2NS/c1-10(11-4-2-5-12(17)8-11)19-14-6-3-7-15-13(14)9-16(18)20-15/h2,4-5,8-10,14,19H,3,6-7H2,1H3/t10-,14?/m1/s1. The van der Waals surface area contributed by atoms with Crippen molar-refractivity contribution in [3.8, 4) is 0 Å². The number of hydrogen-bond acceptors (Lipinski definition) is 2. The second kappa shape index (κ2) is 6.30. The van der Waals surface area contributed by atoms with E-state index in [9.17, 15) is 0 Å². The molecule has 0 fully saturated rings. The summed E-state index contributed by atoms with van der Waals surface area (Å²) in [4.78, 5) is 1.54. The Bertz CT molecular complexity index is 608. The number of hydrogen-bond donors (Lipinski definition) is 1. The fourth-order valence-corrected chi connectivity index (χ4v) is 5.10. The lowest BCUT2D eigenvalue weighted by molar-refractivity contribution is 0.418. The molecule has 1 aliphatic rings. The predicted molar refractivity (Wildman–Crippen MR) is 93.4 cm³/mol. The molecule has 106 valence electrons. The van der Waals surface area contributed by atoms with E-state index in [1.165, 1.54) is 34.2 Å². The summed E-state index contributed by atoms with van der Waals surface area (Å²) < 4.78 is 2.40. The van der Waals surface area contributed by atoms with Crippen molar-refractivity contribution in [2.75, 3.05) is 0 Å². The van der Waals surface area contributed by atoms with Gasteiger partial charge in [-0.15, -0.1) is 11.3 Å². The Morgan fingerprint density at radius 1 is 1.30 bits per heavy atom. The highest BCUT2D eigenvalue weighted by molar-refractivity contribution is 9.11. The molecule has 0 spiro atoms. The molecule has 1 heterocycles. The van der Waals surface area contributed by atoms with Crippen molar-refractivity contribution < 1.29 is 0 Å². The maximum absolute atomic E-state index is 3.80. The van der Waals surface area contributed by atoms with Gasteiger partial charge in [0.2, 0.25) is 0 Å². The minimum absolute atomic E-state index is 0.363. The molecule has 0 saturated heterocycles. The highest BCUT2D eigenvalue weighted by atomic mass is 79.9. The van der Waals surface area contributed by atoms with Crippen molar-refractivity contribution in [2.24, 2.45) is 0 Å². The maximum Gasteiger partial charge on any atom is 0.0704 e. The summed E-state index contributed by atoms with van der Waals surface area (Å²) in [5.74, 6) is 0. The van der Waals surface area contributed by atoms with Crippen LogP contribution in [-0.4, -0.2) is 0 Å². The van der Waals surface area contributed by atoms with Crippen LogP contribution in [0.25, 0.3) is 0 Å². The van der Waals surface area contributed by atoms with Crippen LogP contribution in [0.2, 0.25) is 0 Å². The monoisotopic (exact) mass is 413 g/mol. The van der Waals surface area contributed by atoms with E-state index in [4.69, 9.17) is 0 Å². The van der Waals surface area contributed by atoms with E-state index in [2.05, 4.69) is 74.4 Å². The fraction of sp³-hybridized carbons (Fsp3) is 0.375. The first-order valence-corrected chi connectivity index (χ1v) is 9.33. The van der Waals surface area contributed by atoms with Crippen molar-refractivity contribution in [1.29, 1.82) is 0 Å². The first kappa shape index (κ1) is 14.8. The first-order valence-electron chi connectivity index (χ1n) is 6.93. The van der Waals surface area contributed by atoms with Gasteiger partial charge in [-0.2, -0.15) is 0 Å². The zero-order valence-electron chi connectivity index (χ0n) is 11.3. The number of aryl methyl sites for hydroxylation is 1. The van der Waals surface area contributed by atoms with Gasteiger partial charge in [-0.05, 0) is 71.4 Å². The second-order valence-corrected chi connectivity index (χ2v) is 8.75. The van der Waals surface area contributed by atoms with E-state index in [0.29, 0.717) is 12.1 Å². The Morgan fingerprint density at radius 3 is 2.95 bits per heavy atom. The summed E-state index contributed by atoms with van der Waals surface area (Å²) >= 11 is 9.07. The van der Waals surface area contributed by atoms with Gasteiger partial charge in [0.05, 0.1) is 3.79 Å². The van der Waals surface area contributed by atoms with Gasteiger partial charge >= 0.3 is 0 Å². The van der Waals surface area contributed by atoms with Crippen LogP contribution in [0.4, 0.5) is 0 Å². The molecule has 0 bridgehead atoms. The summed E-state index contributed by atoms with van der Waals surface area (Å²) in [6, 6.07) is 11.7. The van der Waals surface area contributed by atoms with Crippen LogP contribution >= 0.6 is 43.2 Å². The number of thiophene rings is 1. The van der Waals surface area contributed by atoms with Crippen molar-refractivity contribution >= 4 is 43.2 Å². The molecular formula is C16H17Br2NS. The molecule has 4 heteroatoms. The average Bonchev–Trinajstić information content (AvgIpc) is 2.80. The fourth-order valence-electron chi connectivity index (χ4n) is 2.87. The Hall–Kier alpha value is -0.160. The lowest BCUT2D eigenvalue weighted by Crippen LogP contribution is -2.27. The van der Waals surface area contributed by atoms with Crippen molar-refractivity contribution in [3.63, 3.8) is 0 Å². The van der Waals surface area contributed by atoms with E-state index in [-0.39, 0.29) is 0 Å². The number of halogens is 2. The zero-order chi connectivity index (χ0) is 14.1. The number of fused-ring (bicyclic) bond motifs is 1. The van der Waals surface area contributed by atoms with Gasteiger partial charge in [0, 0.05) is 21.4 Å². The summed E-state index contributed by atoms with van der Waals surface area (Å²) in [7, 11) is 0. The summed E-state index contributed by atoms with van der Waals surface area (Å²) in [6.45, 7) is 2.25.